The van der Waals surface area contributed by atoms with Crippen molar-refractivity contribution in [3.63, 3.8) is 0 Å². The van der Waals surface area contributed by atoms with Crippen molar-refractivity contribution in [3.05, 3.63) is 69.1 Å². The van der Waals surface area contributed by atoms with Crippen LogP contribution < -0.4 is 10.7 Å². The van der Waals surface area contributed by atoms with E-state index in [1.165, 1.54) is 24.8 Å². The molecule has 1 N–H and O–H groups in total. The van der Waals surface area contributed by atoms with Gasteiger partial charge in [0.1, 0.15) is 11.1 Å². The van der Waals surface area contributed by atoms with E-state index in [0.717, 1.165) is 57.1 Å². The molecule has 7 heteroatoms. The highest BCUT2D eigenvalue weighted by atomic mass is 16.5. The highest BCUT2D eigenvalue weighted by molar-refractivity contribution is 5.99. The fourth-order valence-corrected chi connectivity index (χ4v) is 5.78. The van der Waals surface area contributed by atoms with Crippen molar-refractivity contribution in [2.75, 3.05) is 13.2 Å². The monoisotopic (exact) mass is 491 g/mol. The molecule has 1 aromatic carbocycles. The molecule has 1 aromatic heterocycles. The summed E-state index contributed by atoms with van der Waals surface area (Å²) in [5.41, 5.74) is 1.99. The first-order chi connectivity index (χ1) is 17.6. The molecule has 0 unspecified atom stereocenters. The number of hydrogen-bond acceptors (Lipinski definition) is 4. The number of benzene rings is 1. The summed E-state index contributed by atoms with van der Waals surface area (Å²) in [5, 5.41) is 3.11. The van der Waals surface area contributed by atoms with Gasteiger partial charge in [-0.2, -0.15) is 0 Å². The molecule has 2 amide bonds. The summed E-state index contributed by atoms with van der Waals surface area (Å²) >= 11 is 0. The fraction of sp³-hybridized carbons (Fsp3) is 0.552. The van der Waals surface area contributed by atoms with E-state index in [1.54, 1.807) is 17.3 Å². The van der Waals surface area contributed by atoms with Crippen LogP contribution in [0.25, 0.3) is 0 Å². The van der Waals surface area contributed by atoms with Gasteiger partial charge in [0, 0.05) is 44.7 Å². The van der Waals surface area contributed by atoms with E-state index < -0.39 is 5.43 Å². The Hall–Kier alpha value is -2.93. The van der Waals surface area contributed by atoms with Gasteiger partial charge in [0.2, 0.25) is 5.43 Å². The summed E-state index contributed by atoms with van der Waals surface area (Å²) in [6.45, 7) is 2.27. The van der Waals surface area contributed by atoms with E-state index in [0.29, 0.717) is 19.6 Å². The number of nitrogens with one attached hydrogen (secondary N) is 1. The molecule has 0 spiro atoms. The molecule has 192 valence electrons. The predicted octanol–water partition coefficient (Wildman–Crippen LogP) is 4.07. The van der Waals surface area contributed by atoms with Crippen molar-refractivity contribution in [2.45, 2.75) is 89.4 Å². The Balaban J connectivity index is 1.42. The van der Waals surface area contributed by atoms with Crippen LogP contribution in [0.4, 0.5) is 0 Å². The van der Waals surface area contributed by atoms with Crippen molar-refractivity contribution >= 4 is 11.8 Å². The van der Waals surface area contributed by atoms with Crippen LogP contribution in [0.5, 0.6) is 0 Å². The van der Waals surface area contributed by atoms with Gasteiger partial charge in [-0.15, -0.1) is 0 Å². The summed E-state index contributed by atoms with van der Waals surface area (Å²) < 4.78 is 7.61. The van der Waals surface area contributed by atoms with Crippen LogP contribution in [-0.4, -0.2) is 46.6 Å². The zero-order valence-corrected chi connectivity index (χ0v) is 21.0. The Morgan fingerprint density at radius 2 is 1.64 bits per heavy atom. The molecule has 2 fully saturated rings. The van der Waals surface area contributed by atoms with Gasteiger partial charge in [-0.05, 0) is 43.2 Å². The number of carbonyl (C=O) groups excluding carboxylic acids is 2. The van der Waals surface area contributed by atoms with E-state index in [1.807, 2.05) is 22.8 Å². The van der Waals surface area contributed by atoms with Crippen LogP contribution in [0.1, 0.15) is 89.6 Å². The molecule has 36 heavy (non-hydrogen) atoms. The molecule has 1 aliphatic carbocycles. The zero-order chi connectivity index (χ0) is 24.9. The number of hydrogen-bond donors (Lipinski definition) is 1. The van der Waals surface area contributed by atoms with Gasteiger partial charge < -0.3 is 19.5 Å². The van der Waals surface area contributed by atoms with Crippen LogP contribution in [0.15, 0.2) is 41.5 Å². The molecule has 1 saturated heterocycles. The first-order valence-electron chi connectivity index (χ1n) is 13.6. The predicted molar refractivity (Wildman–Crippen MR) is 138 cm³/mol. The van der Waals surface area contributed by atoms with Gasteiger partial charge in [0.25, 0.3) is 11.8 Å². The van der Waals surface area contributed by atoms with E-state index in [4.69, 9.17) is 4.74 Å². The standard InChI is InChI=1S/C29H37N3O4/c33-27-25(28(34)30-23-11-4-2-1-3-5-12-23)19-31(18-24-13-8-16-36-24)20-26(27)29(35)32-15-14-21-9-6-7-10-22(21)17-32/h6-7,9-10,19-20,23-24H,1-5,8,11-18H2,(H,30,34)/t24-/m0/s1. The second-order valence-electron chi connectivity index (χ2n) is 10.5. The minimum absolute atomic E-state index is 0.0267. The number of nitrogens with zero attached hydrogens (tertiary/aromatic N) is 2. The summed E-state index contributed by atoms with van der Waals surface area (Å²) in [6.07, 6.45) is 13.6. The smallest absolute Gasteiger partial charge is 0.259 e. The summed E-state index contributed by atoms with van der Waals surface area (Å²) in [6, 6.07) is 8.18. The first kappa shape index (κ1) is 24.8. The molecule has 5 rings (SSSR count). The second-order valence-corrected chi connectivity index (χ2v) is 10.5. The normalized spacial score (nSPS) is 20.9. The maximum absolute atomic E-state index is 13.6. The Kier molecular flexibility index (Phi) is 7.85. The molecular formula is C29H37N3O4. The average Bonchev–Trinajstić information content (AvgIpc) is 3.38. The van der Waals surface area contributed by atoms with Crippen molar-refractivity contribution in [2.24, 2.45) is 0 Å². The molecule has 7 nitrogen and oxygen atoms in total. The van der Waals surface area contributed by atoms with E-state index in [2.05, 4.69) is 11.4 Å². The molecule has 2 aromatic rings. The number of aromatic nitrogens is 1. The Bertz CT molecular complexity index is 1140. The maximum atomic E-state index is 13.6. The largest absolute Gasteiger partial charge is 0.376 e. The van der Waals surface area contributed by atoms with Crippen LogP contribution in [0, 0.1) is 0 Å². The summed E-state index contributed by atoms with van der Waals surface area (Å²) in [5.74, 6) is -0.679. The molecule has 1 saturated carbocycles. The van der Waals surface area contributed by atoms with Crippen molar-refractivity contribution in [1.29, 1.82) is 0 Å². The van der Waals surface area contributed by atoms with Crippen molar-refractivity contribution in [3.8, 4) is 0 Å². The highest BCUT2D eigenvalue weighted by Gasteiger charge is 2.28. The first-order valence-corrected chi connectivity index (χ1v) is 13.6. The van der Waals surface area contributed by atoms with Gasteiger partial charge in [-0.1, -0.05) is 56.4 Å². The lowest BCUT2D eigenvalue weighted by Crippen LogP contribution is -2.42. The number of rotatable bonds is 5. The second kappa shape index (κ2) is 11.4. The number of ether oxygens (including phenoxy) is 1. The van der Waals surface area contributed by atoms with Crippen molar-refractivity contribution in [1.82, 2.24) is 14.8 Å². The average molecular weight is 492 g/mol. The Morgan fingerprint density at radius 3 is 2.39 bits per heavy atom. The SMILES string of the molecule is O=C(NC1CCCCCCC1)c1cn(C[C@@H]2CCCO2)cc(C(=O)N2CCc3ccccc3C2)c1=O. The van der Waals surface area contributed by atoms with E-state index in [9.17, 15) is 14.4 Å². The molecule has 0 bridgehead atoms. The van der Waals surface area contributed by atoms with Gasteiger partial charge in [-0.3, -0.25) is 14.4 Å². The van der Waals surface area contributed by atoms with Crippen molar-refractivity contribution < 1.29 is 14.3 Å². The number of amides is 2. The van der Waals surface area contributed by atoms with Gasteiger partial charge in [0.15, 0.2) is 0 Å². The van der Waals surface area contributed by atoms with Crippen LogP contribution >= 0.6 is 0 Å². The van der Waals surface area contributed by atoms with Crippen LogP contribution in [0.2, 0.25) is 0 Å². The number of pyridine rings is 1. The zero-order valence-electron chi connectivity index (χ0n) is 21.0. The quantitative estimate of drug-likeness (QED) is 0.684. The Morgan fingerprint density at radius 1 is 0.917 bits per heavy atom. The molecule has 3 aliphatic rings. The Labute approximate surface area is 212 Å². The number of fused-ring (bicyclic) bond motifs is 1. The fourth-order valence-electron chi connectivity index (χ4n) is 5.78. The van der Waals surface area contributed by atoms with E-state index >= 15 is 0 Å². The lowest BCUT2D eigenvalue weighted by atomic mass is 9.96. The van der Waals surface area contributed by atoms with Gasteiger partial charge >= 0.3 is 0 Å². The lowest BCUT2D eigenvalue weighted by molar-refractivity contribution is 0.0730. The topological polar surface area (TPSA) is 80.6 Å². The van der Waals surface area contributed by atoms with Gasteiger partial charge in [0.05, 0.1) is 6.10 Å². The highest BCUT2D eigenvalue weighted by Crippen LogP contribution is 2.21. The maximum Gasteiger partial charge on any atom is 0.259 e. The minimum atomic E-state index is -0.481. The molecule has 2 aliphatic heterocycles. The number of carbonyl (C=O) groups is 2. The summed E-state index contributed by atoms with van der Waals surface area (Å²) in [4.78, 5) is 42.2. The third-order valence-electron chi connectivity index (χ3n) is 7.85. The molecular weight excluding hydrogens is 454 g/mol. The molecule has 0 radical (unpaired) electrons. The lowest BCUT2D eigenvalue weighted by Gasteiger charge is -2.29. The third kappa shape index (κ3) is 5.72. The molecule has 1 atom stereocenters. The summed E-state index contributed by atoms with van der Waals surface area (Å²) in [7, 11) is 0. The van der Waals surface area contributed by atoms with Crippen LogP contribution in [-0.2, 0) is 24.2 Å². The third-order valence-corrected chi connectivity index (χ3v) is 7.85. The van der Waals surface area contributed by atoms with Crippen LogP contribution in [0.3, 0.4) is 0 Å². The van der Waals surface area contributed by atoms with E-state index in [-0.39, 0.29) is 35.1 Å². The minimum Gasteiger partial charge on any atom is -0.376 e. The molecule has 3 heterocycles. The van der Waals surface area contributed by atoms with Gasteiger partial charge in [-0.25, -0.2) is 0 Å².